The number of carbonyl (C=O) groups excluding carboxylic acids is 2. The molecule has 0 bridgehead atoms. The van der Waals surface area contributed by atoms with Crippen molar-refractivity contribution >= 4 is 75.6 Å². The average Bonchev–Trinajstić information content (AvgIpc) is 3.20. The summed E-state index contributed by atoms with van der Waals surface area (Å²) in [6.07, 6.45) is -5.00. The summed E-state index contributed by atoms with van der Waals surface area (Å²) in [6, 6.07) is 3.81. The normalized spacial score (nSPS) is 28.8. The topological polar surface area (TPSA) is 99.1 Å². The number of hydrogen-bond acceptors (Lipinski definition) is 4. The second-order valence-electron chi connectivity index (χ2n) is 8.20. The van der Waals surface area contributed by atoms with Gasteiger partial charge < -0.3 is 10.4 Å². The van der Waals surface area contributed by atoms with E-state index in [1.165, 1.54) is 30.1 Å². The molecule has 1 aromatic rings. The molecular weight excluding hydrogens is 557 g/mol. The van der Waals surface area contributed by atoms with Gasteiger partial charge in [-0.1, -0.05) is 46.4 Å². The summed E-state index contributed by atoms with van der Waals surface area (Å²) in [5.74, 6) is -5.39. The SMILES string of the molecule is CN1CCC(C(=O)O)C12C(=O)N=C1C(Cl)=CC(Cl)(C(F)(F)F)C(C(=O)Nc3cc(Cl)cc(Cl)c3)=C12. The Morgan fingerprint density at radius 2 is 1.80 bits per heavy atom. The molecule has 3 aliphatic rings. The minimum absolute atomic E-state index is 0.0242. The van der Waals surface area contributed by atoms with Gasteiger partial charge in [0.25, 0.3) is 11.8 Å². The molecule has 1 spiro atoms. The quantitative estimate of drug-likeness (QED) is 0.515. The Morgan fingerprint density at radius 3 is 2.34 bits per heavy atom. The third-order valence-corrected chi connectivity index (χ3v) is 7.48. The van der Waals surface area contributed by atoms with E-state index in [0.717, 1.165) is 0 Å². The fraction of sp³-hybridized carbons (Fsp3) is 0.333. The first-order valence-corrected chi connectivity index (χ1v) is 11.4. The van der Waals surface area contributed by atoms with E-state index in [4.69, 9.17) is 46.4 Å². The number of likely N-dealkylation sites (N-methyl/N-ethyl adjacent to an activating group) is 1. The lowest BCUT2D eigenvalue weighted by Gasteiger charge is -2.40. The molecule has 3 atom stereocenters. The van der Waals surface area contributed by atoms with Gasteiger partial charge in [0, 0.05) is 27.9 Å². The predicted molar refractivity (Wildman–Crippen MR) is 124 cm³/mol. The first-order valence-electron chi connectivity index (χ1n) is 9.89. The Labute approximate surface area is 216 Å². The van der Waals surface area contributed by atoms with Crippen LogP contribution in [0.4, 0.5) is 18.9 Å². The van der Waals surface area contributed by atoms with Crippen LogP contribution in [0.25, 0.3) is 0 Å². The van der Waals surface area contributed by atoms with Gasteiger partial charge in [-0.3, -0.25) is 19.3 Å². The molecule has 186 valence electrons. The second kappa shape index (κ2) is 8.48. The molecular formula is C21H14Cl4F3N3O4. The van der Waals surface area contributed by atoms with Crippen molar-refractivity contribution in [3.63, 3.8) is 0 Å². The summed E-state index contributed by atoms with van der Waals surface area (Å²) in [5, 5.41) is 11.7. The van der Waals surface area contributed by atoms with Crippen LogP contribution in [-0.4, -0.2) is 63.7 Å². The van der Waals surface area contributed by atoms with Gasteiger partial charge in [0.2, 0.25) is 0 Å². The van der Waals surface area contributed by atoms with Crippen molar-refractivity contribution in [2.24, 2.45) is 10.9 Å². The van der Waals surface area contributed by atoms with Crippen molar-refractivity contribution < 1.29 is 32.7 Å². The number of allylic oxidation sites excluding steroid dienone is 2. The van der Waals surface area contributed by atoms with Crippen LogP contribution >= 0.6 is 46.4 Å². The number of benzene rings is 1. The highest BCUT2D eigenvalue weighted by atomic mass is 35.5. The van der Waals surface area contributed by atoms with Crippen LogP contribution in [-0.2, 0) is 14.4 Å². The van der Waals surface area contributed by atoms with E-state index in [-0.39, 0.29) is 28.7 Å². The number of amides is 2. The highest BCUT2D eigenvalue weighted by molar-refractivity contribution is 6.52. The van der Waals surface area contributed by atoms with Crippen molar-refractivity contribution in [2.45, 2.75) is 23.0 Å². The van der Waals surface area contributed by atoms with Crippen LogP contribution in [0, 0.1) is 5.92 Å². The Balaban J connectivity index is 2.03. The molecule has 1 aromatic carbocycles. The highest BCUT2D eigenvalue weighted by Crippen LogP contribution is 2.55. The van der Waals surface area contributed by atoms with E-state index in [1.54, 1.807) is 0 Å². The lowest BCUT2D eigenvalue weighted by atomic mass is 9.71. The summed E-state index contributed by atoms with van der Waals surface area (Å²) in [6.45, 7) is 0.0242. The molecule has 1 saturated heterocycles. The number of aliphatic imine (C=N–C) groups is 1. The van der Waals surface area contributed by atoms with Crippen molar-refractivity contribution in [3.05, 3.63) is 50.5 Å². The molecule has 2 amide bonds. The molecule has 1 aliphatic carbocycles. The van der Waals surface area contributed by atoms with Gasteiger partial charge in [0.05, 0.1) is 22.2 Å². The summed E-state index contributed by atoms with van der Waals surface area (Å²) in [4.78, 5) is 40.4. The van der Waals surface area contributed by atoms with Crippen LogP contribution in [0.2, 0.25) is 10.0 Å². The molecule has 0 saturated carbocycles. The second-order valence-corrected chi connectivity index (χ2v) is 10.1. The van der Waals surface area contributed by atoms with Crippen LogP contribution in [0.15, 0.2) is 45.4 Å². The number of likely N-dealkylation sites (tertiary alicyclic amines) is 1. The van der Waals surface area contributed by atoms with Gasteiger partial charge in [0.15, 0.2) is 4.87 Å². The molecule has 0 aromatic heterocycles. The van der Waals surface area contributed by atoms with E-state index < -0.39 is 62.2 Å². The van der Waals surface area contributed by atoms with E-state index >= 15 is 0 Å². The molecule has 4 rings (SSSR count). The van der Waals surface area contributed by atoms with Crippen LogP contribution < -0.4 is 5.32 Å². The molecule has 0 radical (unpaired) electrons. The van der Waals surface area contributed by atoms with Gasteiger partial charge in [-0.2, -0.15) is 13.2 Å². The maximum Gasteiger partial charge on any atom is 0.415 e. The number of alkyl halides is 4. The van der Waals surface area contributed by atoms with Gasteiger partial charge in [-0.05, 0) is 37.7 Å². The number of nitrogens with zero attached hydrogens (tertiary/aromatic N) is 2. The molecule has 3 unspecified atom stereocenters. The third kappa shape index (κ3) is 3.77. The van der Waals surface area contributed by atoms with Crippen molar-refractivity contribution in [3.8, 4) is 0 Å². The van der Waals surface area contributed by atoms with Crippen molar-refractivity contribution in [1.82, 2.24) is 4.90 Å². The lowest BCUT2D eigenvalue weighted by molar-refractivity contribution is -0.148. The summed E-state index contributed by atoms with van der Waals surface area (Å²) >= 11 is 24.1. The number of halogens is 7. The van der Waals surface area contributed by atoms with E-state index in [0.29, 0.717) is 6.08 Å². The van der Waals surface area contributed by atoms with Gasteiger partial charge in [0.1, 0.15) is 5.54 Å². The monoisotopic (exact) mass is 569 g/mol. The van der Waals surface area contributed by atoms with E-state index in [1.807, 2.05) is 0 Å². The molecule has 35 heavy (non-hydrogen) atoms. The van der Waals surface area contributed by atoms with Gasteiger partial charge in [-0.15, -0.1) is 0 Å². The number of fused-ring (bicyclic) bond motifs is 2. The van der Waals surface area contributed by atoms with Crippen LogP contribution in [0.3, 0.4) is 0 Å². The Kier molecular flexibility index (Phi) is 6.29. The number of rotatable bonds is 3. The standard InChI is InChI=1S/C21H14Cl4F3N3O4/c1-31-3-2-11(17(33)34)20(31)13-14(16(32)29-10-5-8(22)4-9(23)6-10)19(25,21(26,27)28)7-12(24)15(13)30-18(20)35/h4-7,11H,2-3H2,1H3,(H,29,32)(H,33,34). The minimum atomic E-state index is -5.28. The Morgan fingerprint density at radius 1 is 1.20 bits per heavy atom. The summed E-state index contributed by atoms with van der Waals surface area (Å²) in [5.41, 5.74) is -4.43. The summed E-state index contributed by atoms with van der Waals surface area (Å²) < 4.78 is 43.2. The Hall–Kier alpha value is -2.11. The smallest absolute Gasteiger partial charge is 0.415 e. The van der Waals surface area contributed by atoms with Crippen LogP contribution in [0.1, 0.15) is 6.42 Å². The Bertz CT molecular complexity index is 1260. The molecule has 2 aliphatic heterocycles. The number of anilines is 1. The lowest BCUT2D eigenvalue weighted by Crippen LogP contribution is -2.58. The maximum atomic E-state index is 14.4. The third-order valence-electron chi connectivity index (χ3n) is 6.24. The molecule has 14 heteroatoms. The zero-order chi connectivity index (χ0) is 26.1. The molecule has 2 heterocycles. The highest BCUT2D eigenvalue weighted by Gasteiger charge is 2.69. The molecule has 2 N–H and O–H groups in total. The number of hydrogen-bond donors (Lipinski definition) is 2. The fourth-order valence-electron chi connectivity index (χ4n) is 4.78. The molecule has 1 fully saturated rings. The zero-order valence-electron chi connectivity index (χ0n) is 17.5. The first kappa shape index (κ1) is 26.0. The summed E-state index contributed by atoms with van der Waals surface area (Å²) in [7, 11) is 1.36. The number of carbonyl (C=O) groups is 3. The first-order chi connectivity index (χ1) is 16.1. The van der Waals surface area contributed by atoms with Gasteiger partial charge >= 0.3 is 12.1 Å². The number of carboxylic acid groups (broad SMARTS) is 1. The fourth-order valence-corrected chi connectivity index (χ4v) is 5.96. The number of aliphatic carboxylic acids is 1. The van der Waals surface area contributed by atoms with E-state index in [9.17, 15) is 32.7 Å². The zero-order valence-corrected chi connectivity index (χ0v) is 20.5. The largest absolute Gasteiger partial charge is 0.481 e. The van der Waals surface area contributed by atoms with E-state index in [2.05, 4.69) is 10.3 Å². The van der Waals surface area contributed by atoms with Crippen molar-refractivity contribution in [1.29, 1.82) is 0 Å². The van der Waals surface area contributed by atoms with Crippen LogP contribution in [0.5, 0.6) is 0 Å². The van der Waals surface area contributed by atoms with Crippen molar-refractivity contribution in [2.75, 3.05) is 18.9 Å². The average molecular weight is 571 g/mol. The molecule has 7 nitrogen and oxygen atoms in total. The predicted octanol–water partition coefficient (Wildman–Crippen LogP) is 4.66. The number of nitrogens with one attached hydrogen (secondary N) is 1. The maximum absolute atomic E-state index is 14.4. The van der Waals surface area contributed by atoms with Gasteiger partial charge in [-0.25, -0.2) is 4.99 Å². The number of carboxylic acids is 1. The minimum Gasteiger partial charge on any atom is -0.481 e.